The molecule has 1 unspecified atom stereocenters. The summed E-state index contributed by atoms with van der Waals surface area (Å²) in [5.74, 6) is 0. The van der Waals surface area contributed by atoms with Crippen molar-refractivity contribution in [2.24, 2.45) is 0 Å². The lowest BCUT2D eigenvalue weighted by Crippen LogP contribution is -2.25. The lowest BCUT2D eigenvalue weighted by molar-refractivity contribution is -0.0821. The maximum Gasteiger partial charge on any atom is 0.107 e. The highest BCUT2D eigenvalue weighted by Gasteiger charge is 2.26. The molecule has 3 nitrogen and oxygen atoms in total. The van der Waals surface area contributed by atoms with Crippen LogP contribution in [-0.4, -0.2) is 22.3 Å². The quantitative estimate of drug-likeness (QED) is 0.302. The van der Waals surface area contributed by atoms with Crippen LogP contribution >= 0.6 is 11.6 Å². The molecule has 0 amide bonds. The van der Waals surface area contributed by atoms with Crippen molar-refractivity contribution in [2.45, 2.75) is 52.2 Å². The third-order valence-electron chi connectivity index (χ3n) is 5.93. The summed E-state index contributed by atoms with van der Waals surface area (Å²) in [6.07, 6.45) is 1.38. The van der Waals surface area contributed by atoms with E-state index in [1.54, 1.807) is 0 Å². The van der Waals surface area contributed by atoms with Gasteiger partial charge in [-0.3, -0.25) is 4.98 Å². The molecule has 1 N–H and O–H groups in total. The highest BCUT2D eigenvalue weighted by Crippen LogP contribution is 2.40. The molecule has 0 aliphatic heterocycles. The van der Waals surface area contributed by atoms with E-state index < -0.39 is 11.7 Å². The molecule has 0 radical (unpaired) electrons. The number of hydrogen-bond acceptors (Lipinski definition) is 3. The monoisotopic (exact) mass is 473 g/mol. The standard InChI is InChI=1S/C30H32ClNO2/c1-20-18-26-25(17-16-24(32-26)15-10-21-8-6-5-7-9-21)29(22-11-13-23(31)14-12-22)28(20)27(19-33)34-30(2,3)4/h5-9,11-14,16-18,27,33H,10,15,19H2,1-4H3. The molecule has 0 aliphatic carbocycles. The van der Waals surface area contributed by atoms with Crippen molar-refractivity contribution < 1.29 is 9.84 Å². The van der Waals surface area contributed by atoms with E-state index in [1.807, 2.05) is 51.1 Å². The Morgan fingerprint density at radius 3 is 2.29 bits per heavy atom. The highest BCUT2D eigenvalue weighted by atomic mass is 35.5. The molecule has 1 heterocycles. The molecule has 0 fully saturated rings. The molecule has 4 aromatic rings. The zero-order valence-corrected chi connectivity index (χ0v) is 21.1. The highest BCUT2D eigenvalue weighted by molar-refractivity contribution is 6.30. The number of pyridine rings is 1. The maximum atomic E-state index is 10.3. The molecule has 4 heteroatoms. The molecule has 0 spiro atoms. The van der Waals surface area contributed by atoms with Crippen molar-refractivity contribution in [3.05, 3.63) is 100 Å². The number of aromatic nitrogens is 1. The van der Waals surface area contributed by atoms with Crippen LogP contribution in [0.5, 0.6) is 0 Å². The van der Waals surface area contributed by atoms with Crippen LogP contribution in [0.2, 0.25) is 5.02 Å². The van der Waals surface area contributed by atoms with E-state index in [-0.39, 0.29) is 6.61 Å². The van der Waals surface area contributed by atoms with Crippen molar-refractivity contribution in [1.82, 2.24) is 4.98 Å². The van der Waals surface area contributed by atoms with Gasteiger partial charge in [-0.1, -0.05) is 60.1 Å². The minimum atomic E-state index is -0.451. The van der Waals surface area contributed by atoms with Crippen LogP contribution in [0.4, 0.5) is 0 Å². The molecule has 34 heavy (non-hydrogen) atoms. The van der Waals surface area contributed by atoms with Crippen LogP contribution in [0.1, 0.15) is 49.3 Å². The smallest absolute Gasteiger partial charge is 0.107 e. The SMILES string of the molecule is Cc1cc2nc(CCc3ccccc3)ccc2c(-c2ccc(Cl)cc2)c1C(CO)OC(C)(C)C. The fraction of sp³-hybridized carbons (Fsp3) is 0.300. The topological polar surface area (TPSA) is 42.4 Å². The fourth-order valence-electron chi connectivity index (χ4n) is 4.48. The summed E-state index contributed by atoms with van der Waals surface area (Å²) in [7, 11) is 0. The molecule has 0 aliphatic rings. The van der Waals surface area contributed by atoms with Gasteiger partial charge in [0.15, 0.2) is 0 Å². The van der Waals surface area contributed by atoms with Gasteiger partial charge in [0.1, 0.15) is 6.10 Å². The lowest BCUT2D eigenvalue weighted by atomic mass is 9.88. The average molecular weight is 474 g/mol. The Bertz CT molecular complexity index is 1260. The van der Waals surface area contributed by atoms with E-state index in [4.69, 9.17) is 21.3 Å². The average Bonchev–Trinajstić information content (AvgIpc) is 2.81. The van der Waals surface area contributed by atoms with Crippen molar-refractivity contribution >= 4 is 22.5 Å². The molecule has 0 saturated heterocycles. The van der Waals surface area contributed by atoms with E-state index in [2.05, 4.69) is 49.4 Å². The first-order valence-corrected chi connectivity index (χ1v) is 12.1. The van der Waals surface area contributed by atoms with E-state index in [0.717, 1.165) is 51.7 Å². The van der Waals surface area contributed by atoms with Crippen molar-refractivity contribution in [3.63, 3.8) is 0 Å². The molecular weight excluding hydrogens is 442 g/mol. The second kappa shape index (κ2) is 10.3. The van der Waals surface area contributed by atoms with Crippen LogP contribution < -0.4 is 0 Å². The summed E-state index contributed by atoms with van der Waals surface area (Å²) in [4.78, 5) is 5.03. The Labute approximate surface area is 207 Å². The van der Waals surface area contributed by atoms with Gasteiger partial charge in [-0.05, 0) is 92.6 Å². The van der Waals surface area contributed by atoms with E-state index >= 15 is 0 Å². The van der Waals surface area contributed by atoms with Crippen molar-refractivity contribution in [2.75, 3.05) is 6.61 Å². The summed E-state index contributed by atoms with van der Waals surface area (Å²) in [5.41, 5.74) is 7.04. The predicted molar refractivity (Wildman–Crippen MR) is 141 cm³/mol. The van der Waals surface area contributed by atoms with Gasteiger partial charge in [0.05, 0.1) is 17.7 Å². The number of halogens is 1. The van der Waals surface area contributed by atoms with Gasteiger partial charge in [0, 0.05) is 16.1 Å². The van der Waals surface area contributed by atoms with Gasteiger partial charge in [0.25, 0.3) is 0 Å². The predicted octanol–water partition coefficient (Wildman–Crippen LogP) is 7.50. The molecule has 1 aromatic heterocycles. The molecule has 1 atom stereocenters. The number of ether oxygens (including phenoxy) is 1. The maximum absolute atomic E-state index is 10.3. The van der Waals surface area contributed by atoms with E-state index in [9.17, 15) is 5.11 Å². The van der Waals surface area contributed by atoms with Gasteiger partial charge >= 0.3 is 0 Å². The minimum absolute atomic E-state index is 0.104. The van der Waals surface area contributed by atoms with Gasteiger partial charge in [-0.25, -0.2) is 0 Å². The number of nitrogens with zero attached hydrogens (tertiary/aromatic N) is 1. The summed E-state index contributed by atoms with van der Waals surface area (Å²) < 4.78 is 6.30. The number of hydrogen-bond donors (Lipinski definition) is 1. The fourth-order valence-corrected chi connectivity index (χ4v) is 4.60. The number of rotatable bonds is 7. The Morgan fingerprint density at radius 2 is 1.65 bits per heavy atom. The van der Waals surface area contributed by atoms with Gasteiger partial charge < -0.3 is 9.84 Å². The van der Waals surface area contributed by atoms with Crippen LogP contribution in [0, 0.1) is 6.92 Å². The van der Waals surface area contributed by atoms with E-state index in [1.165, 1.54) is 5.56 Å². The first-order chi connectivity index (χ1) is 16.2. The van der Waals surface area contributed by atoms with Crippen LogP contribution in [0.25, 0.3) is 22.0 Å². The molecule has 0 saturated carbocycles. The zero-order chi connectivity index (χ0) is 24.3. The van der Waals surface area contributed by atoms with Crippen LogP contribution in [-0.2, 0) is 17.6 Å². The van der Waals surface area contributed by atoms with Crippen molar-refractivity contribution in [1.29, 1.82) is 0 Å². The number of aliphatic hydroxyl groups is 1. The largest absolute Gasteiger partial charge is 0.393 e. The van der Waals surface area contributed by atoms with Gasteiger partial charge in [-0.2, -0.15) is 0 Å². The minimum Gasteiger partial charge on any atom is -0.393 e. The molecule has 4 rings (SSSR count). The molecule has 176 valence electrons. The normalized spacial score (nSPS) is 12.8. The number of aryl methyl sites for hydroxylation is 3. The molecule has 3 aromatic carbocycles. The third-order valence-corrected chi connectivity index (χ3v) is 6.18. The van der Waals surface area contributed by atoms with Crippen molar-refractivity contribution in [3.8, 4) is 11.1 Å². The van der Waals surface area contributed by atoms with E-state index in [0.29, 0.717) is 5.02 Å². The second-order valence-corrected chi connectivity index (χ2v) is 10.2. The second-order valence-electron chi connectivity index (χ2n) is 9.75. The van der Waals surface area contributed by atoms with Crippen LogP contribution in [0.15, 0.2) is 72.8 Å². The Morgan fingerprint density at radius 1 is 0.941 bits per heavy atom. The Kier molecular flexibility index (Phi) is 7.37. The summed E-state index contributed by atoms with van der Waals surface area (Å²) >= 11 is 6.19. The molecular formula is C30H32ClNO2. The Balaban J connectivity index is 1.83. The number of aliphatic hydroxyl groups excluding tert-OH is 1. The van der Waals surface area contributed by atoms with Gasteiger partial charge in [-0.15, -0.1) is 0 Å². The Hall–Kier alpha value is -2.72. The van der Waals surface area contributed by atoms with Gasteiger partial charge in [0.2, 0.25) is 0 Å². The summed E-state index contributed by atoms with van der Waals surface area (Å²) in [6, 6.07) is 24.7. The first-order valence-electron chi connectivity index (χ1n) is 11.8. The summed E-state index contributed by atoms with van der Waals surface area (Å²) in [6.45, 7) is 7.99. The third kappa shape index (κ3) is 5.67. The number of fused-ring (bicyclic) bond motifs is 1. The first kappa shape index (κ1) is 24.4. The summed E-state index contributed by atoms with van der Waals surface area (Å²) in [5, 5.41) is 12.0. The molecule has 0 bridgehead atoms. The number of benzene rings is 3. The zero-order valence-electron chi connectivity index (χ0n) is 20.3. The van der Waals surface area contributed by atoms with Crippen LogP contribution in [0.3, 0.4) is 0 Å². The lowest BCUT2D eigenvalue weighted by Gasteiger charge is -2.30.